The Morgan fingerprint density at radius 3 is 2.75 bits per heavy atom. The summed E-state index contributed by atoms with van der Waals surface area (Å²) in [6.45, 7) is 4.56. The average molecular weight is 289 g/mol. The van der Waals surface area contributed by atoms with E-state index in [4.69, 9.17) is 5.73 Å². The van der Waals surface area contributed by atoms with Crippen molar-refractivity contribution in [3.63, 3.8) is 0 Å². The van der Waals surface area contributed by atoms with Crippen LogP contribution in [0.25, 0.3) is 0 Å². The van der Waals surface area contributed by atoms with Gasteiger partial charge in [0, 0.05) is 11.8 Å². The zero-order valence-corrected chi connectivity index (χ0v) is 12.5. The second-order valence-electron chi connectivity index (χ2n) is 4.77. The summed E-state index contributed by atoms with van der Waals surface area (Å²) >= 11 is 1.48. The van der Waals surface area contributed by atoms with E-state index in [2.05, 4.69) is 10.3 Å². The van der Waals surface area contributed by atoms with Gasteiger partial charge in [0.25, 0.3) is 5.91 Å². The predicted molar refractivity (Wildman–Crippen MR) is 81.9 cm³/mol. The highest BCUT2D eigenvalue weighted by molar-refractivity contribution is 7.09. The fourth-order valence-corrected chi connectivity index (χ4v) is 2.66. The maximum Gasteiger partial charge on any atom is 0.271 e. The van der Waals surface area contributed by atoms with Gasteiger partial charge < -0.3 is 11.1 Å². The highest BCUT2D eigenvalue weighted by Gasteiger charge is 2.14. The molecule has 0 spiro atoms. The van der Waals surface area contributed by atoms with E-state index in [0.29, 0.717) is 18.7 Å². The first-order valence-corrected chi connectivity index (χ1v) is 7.50. The third-order valence-electron chi connectivity index (χ3n) is 3.07. The lowest BCUT2D eigenvalue weighted by molar-refractivity contribution is 0.0935. The summed E-state index contributed by atoms with van der Waals surface area (Å²) in [6.07, 6.45) is 0.714. The molecule has 0 saturated heterocycles. The first-order valence-electron chi connectivity index (χ1n) is 6.62. The van der Waals surface area contributed by atoms with Crippen LogP contribution in [0.1, 0.15) is 39.6 Å². The smallest absolute Gasteiger partial charge is 0.271 e. The molecule has 0 unspecified atom stereocenters. The number of thiazole rings is 1. The van der Waals surface area contributed by atoms with Crippen LogP contribution in [-0.4, -0.2) is 17.4 Å². The standard InChI is InChI=1S/C15H19N3OS/c1-10-3-5-12(6-4-10)11(2)17-15(19)13-9-20-14(18-13)7-8-16/h3-6,9,11H,7-8,16H2,1-2H3,(H,17,19)/t11-/m0/s1. The van der Waals surface area contributed by atoms with Crippen LogP contribution in [0.15, 0.2) is 29.6 Å². The van der Waals surface area contributed by atoms with Gasteiger partial charge in [-0.3, -0.25) is 4.79 Å². The molecular formula is C15H19N3OS. The molecule has 2 aromatic rings. The number of nitrogens with zero attached hydrogens (tertiary/aromatic N) is 1. The first-order chi connectivity index (χ1) is 9.60. The molecule has 4 nitrogen and oxygen atoms in total. The van der Waals surface area contributed by atoms with Crippen molar-refractivity contribution in [2.75, 3.05) is 6.54 Å². The van der Waals surface area contributed by atoms with Crippen molar-refractivity contribution < 1.29 is 4.79 Å². The lowest BCUT2D eigenvalue weighted by Crippen LogP contribution is -2.27. The van der Waals surface area contributed by atoms with Crippen molar-refractivity contribution in [2.45, 2.75) is 26.3 Å². The van der Waals surface area contributed by atoms with Gasteiger partial charge in [-0.2, -0.15) is 0 Å². The van der Waals surface area contributed by atoms with Crippen LogP contribution in [0.5, 0.6) is 0 Å². The van der Waals surface area contributed by atoms with E-state index in [9.17, 15) is 4.79 Å². The van der Waals surface area contributed by atoms with Gasteiger partial charge in [0.2, 0.25) is 0 Å². The van der Waals surface area contributed by atoms with E-state index in [1.807, 2.05) is 38.1 Å². The fourth-order valence-electron chi connectivity index (χ4n) is 1.86. The molecule has 20 heavy (non-hydrogen) atoms. The molecule has 5 heteroatoms. The molecule has 1 amide bonds. The van der Waals surface area contributed by atoms with Crippen molar-refractivity contribution in [3.05, 3.63) is 51.5 Å². The fraction of sp³-hybridized carbons (Fsp3) is 0.333. The molecule has 0 aliphatic rings. The minimum Gasteiger partial charge on any atom is -0.344 e. The van der Waals surface area contributed by atoms with Crippen LogP contribution in [0.4, 0.5) is 0 Å². The summed E-state index contributed by atoms with van der Waals surface area (Å²) in [7, 11) is 0. The largest absolute Gasteiger partial charge is 0.344 e. The van der Waals surface area contributed by atoms with Gasteiger partial charge in [0.1, 0.15) is 5.69 Å². The number of rotatable bonds is 5. The molecule has 0 aliphatic heterocycles. The van der Waals surface area contributed by atoms with Crippen molar-refractivity contribution in [3.8, 4) is 0 Å². The lowest BCUT2D eigenvalue weighted by Gasteiger charge is -2.13. The first kappa shape index (κ1) is 14.7. The number of carbonyl (C=O) groups excluding carboxylic acids is 1. The van der Waals surface area contributed by atoms with Crippen LogP contribution in [-0.2, 0) is 6.42 Å². The SMILES string of the molecule is Cc1ccc([C@H](C)NC(=O)c2csc(CCN)n2)cc1. The number of hydrogen-bond acceptors (Lipinski definition) is 4. The van der Waals surface area contributed by atoms with Crippen molar-refractivity contribution >= 4 is 17.2 Å². The van der Waals surface area contributed by atoms with Gasteiger partial charge >= 0.3 is 0 Å². The zero-order chi connectivity index (χ0) is 14.5. The van der Waals surface area contributed by atoms with E-state index >= 15 is 0 Å². The molecule has 0 aliphatic carbocycles. The molecule has 0 saturated carbocycles. The van der Waals surface area contributed by atoms with E-state index < -0.39 is 0 Å². The number of aromatic nitrogens is 1. The van der Waals surface area contributed by atoms with Crippen LogP contribution in [0, 0.1) is 6.92 Å². The summed E-state index contributed by atoms with van der Waals surface area (Å²) in [5.74, 6) is -0.141. The number of carbonyl (C=O) groups is 1. The summed E-state index contributed by atoms with van der Waals surface area (Å²) in [4.78, 5) is 16.4. The van der Waals surface area contributed by atoms with Crippen LogP contribution in [0.3, 0.4) is 0 Å². The topological polar surface area (TPSA) is 68.0 Å². The molecule has 1 heterocycles. The Morgan fingerprint density at radius 2 is 2.10 bits per heavy atom. The number of benzene rings is 1. The molecule has 1 aromatic heterocycles. The van der Waals surface area contributed by atoms with Crippen LogP contribution >= 0.6 is 11.3 Å². The Labute approximate surface area is 123 Å². The third-order valence-corrected chi connectivity index (χ3v) is 3.98. The Bertz CT molecular complexity index is 577. The quantitative estimate of drug-likeness (QED) is 0.888. The minimum absolute atomic E-state index is 0.0391. The number of aryl methyl sites for hydroxylation is 1. The number of amides is 1. The average Bonchev–Trinajstić information content (AvgIpc) is 2.88. The summed E-state index contributed by atoms with van der Waals surface area (Å²) < 4.78 is 0. The summed E-state index contributed by atoms with van der Waals surface area (Å²) in [5.41, 5.74) is 8.24. The molecule has 3 N–H and O–H groups in total. The number of nitrogens with two attached hydrogens (primary N) is 1. The molecule has 0 bridgehead atoms. The van der Waals surface area contributed by atoms with Crippen molar-refractivity contribution in [1.29, 1.82) is 0 Å². The summed E-state index contributed by atoms with van der Waals surface area (Å²) in [6, 6.07) is 8.10. The van der Waals surface area contributed by atoms with Gasteiger partial charge in [0.05, 0.1) is 11.0 Å². The predicted octanol–water partition coefficient (Wildman–Crippen LogP) is 2.44. The molecule has 2 rings (SSSR count). The Balaban J connectivity index is 2.01. The third kappa shape index (κ3) is 3.65. The molecule has 0 radical (unpaired) electrons. The minimum atomic E-state index is -0.141. The Morgan fingerprint density at radius 1 is 1.40 bits per heavy atom. The van der Waals surface area contributed by atoms with Gasteiger partial charge in [-0.15, -0.1) is 11.3 Å². The number of nitrogens with one attached hydrogen (secondary N) is 1. The molecule has 1 atom stereocenters. The number of hydrogen-bond donors (Lipinski definition) is 2. The van der Waals surface area contributed by atoms with Gasteiger partial charge in [-0.25, -0.2) is 4.98 Å². The maximum atomic E-state index is 12.1. The summed E-state index contributed by atoms with van der Waals surface area (Å²) in [5, 5.41) is 5.64. The van der Waals surface area contributed by atoms with Crippen LogP contribution in [0.2, 0.25) is 0 Å². The van der Waals surface area contributed by atoms with E-state index in [1.54, 1.807) is 5.38 Å². The normalized spacial score (nSPS) is 12.2. The lowest BCUT2D eigenvalue weighted by atomic mass is 10.1. The monoisotopic (exact) mass is 289 g/mol. The Kier molecular flexibility index (Phi) is 4.87. The van der Waals surface area contributed by atoms with Gasteiger partial charge in [-0.05, 0) is 26.0 Å². The van der Waals surface area contributed by atoms with Crippen molar-refractivity contribution in [1.82, 2.24) is 10.3 Å². The van der Waals surface area contributed by atoms with Gasteiger partial charge in [0.15, 0.2) is 0 Å². The van der Waals surface area contributed by atoms with Crippen LogP contribution < -0.4 is 11.1 Å². The van der Waals surface area contributed by atoms with E-state index in [1.165, 1.54) is 16.9 Å². The van der Waals surface area contributed by atoms with Gasteiger partial charge in [-0.1, -0.05) is 29.8 Å². The molecule has 1 aromatic carbocycles. The highest BCUT2D eigenvalue weighted by Crippen LogP contribution is 2.15. The maximum absolute atomic E-state index is 12.1. The van der Waals surface area contributed by atoms with E-state index in [0.717, 1.165) is 10.6 Å². The van der Waals surface area contributed by atoms with E-state index in [-0.39, 0.29) is 11.9 Å². The highest BCUT2D eigenvalue weighted by atomic mass is 32.1. The van der Waals surface area contributed by atoms with Crippen molar-refractivity contribution in [2.24, 2.45) is 5.73 Å². The molecular weight excluding hydrogens is 270 g/mol. The molecule has 106 valence electrons. The Hall–Kier alpha value is -1.72. The second kappa shape index (κ2) is 6.63. The second-order valence-corrected chi connectivity index (χ2v) is 5.71. The zero-order valence-electron chi connectivity index (χ0n) is 11.7. The molecule has 0 fully saturated rings.